The molecule has 0 unspecified atom stereocenters. The molecule has 1 aliphatic carbocycles. The lowest BCUT2D eigenvalue weighted by molar-refractivity contribution is 0.446. The third-order valence-electron chi connectivity index (χ3n) is 2.80. The highest BCUT2D eigenvalue weighted by Gasteiger charge is 2.44. The predicted octanol–water partition coefficient (Wildman–Crippen LogP) is 1.09. The van der Waals surface area contributed by atoms with Gasteiger partial charge in [-0.15, -0.1) is 0 Å². The maximum Gasteiger partial charge on any atom is 0.119 e. The lowest BCUT2D eigenvalue weighted by atomic mass is 9.95. The Morgan fingerprint density at radius 2 is 2.00 bits per heavy atom. The third kappa shape index (κ3) is 1.25. The molecule has 0 saturated heterocycles. The number of rotatable bonds is 2. The monoisotopic (exact) mass is 179 g/mol. The zero-order chi connectivity index (χ0) is 9.47. The summed E-state index contributed by atoms with van der Waals surface area (Å²) < 4.78 is 0. The van der Waals surface area contributed by atoms with Gasteiger partial charge in [0.25, 0.3) is 0 Å². The first-order valence-electron chi connectivity index (χ1n) is 4.40. The molecule has 0 aromatic heterocycles. The van der Waals surface area contributed by atoms with Crippen LogP contribution < -0.4 is 5.73 Å². The fourth-order valence-electron chi connectivity index (χ4n) is 1.68. The highest BCUT2D eigenvalue weighted by atomic mass is 16.3. The van der Waals surface area contributed by atoms with Gasteiger partial charge in [0.15, 0.2) is 0 Å². The number of hydrogen-bond acceptors (Lipinski definition) is 3. The molecule has 0 amide bonds. The molecule has 0 radical (unpaired) electrons. The second-order valence-electron chi connectivity index (χ2n) is 3.69. The Balaban J connectivity index is 2.44. The van der Waals surface area contributed by atoms with E-state index in [1.54, 1.807) is 6.07 Å². The Morgan fingerprint density at radius 3 is 2.54 bits per heavy atom. The molecule has 1 aromatic carbocycles. The van der Waals surface area contributed by atoms with Crippen LogP contribution in [0, 0.1) is 0 Å². The summed E-state index contributed by atoms with van der Waals surface area (Å²) >= 11 is 0. The largest absolute Gasteiger partial charge is 0.508 e. The van der Waals surface area contributed by atoms with Crippen LogP contribution in [0.3, 0.4) is 0 Å². The van der Waals surface area contributed by atoms with Gasteiger partial charge in [0.2, 0.25) is 0 Å². The Bertz CT molecular complexity index is 332. The maximum absolute atomic E-state index is 9.58. The van der Waals surface area contributed by atoms with E-state index >= 15 is 0 Å². The summed E-state index contributed by atoms with van der Waals surface area (Å²) in [6.07, 6.45) is 2.00. The first-order valence-corrected chi connectivity index (χ1v) is 4.40. The van der Waals surface area contributed by atoms with Gasteiger partial charge in [-0.1, -0.05) is 0 Å². The summed E-state index contributed by atoms with van der Waals surface area (Å²) in [5.74, 6) is 0.424. The Hall–Kier alpha value is -1.22. The fraction of sp³-hybridized carbons (Fsp3) is 0.400. The van der Waals surface area contributed by atoms with Crippen LogP contribution in [0.4, 0.5) is 0 Å². The molecule has 1 saturated carbocycles. The zero-order valence-corrected chi connectivity index (χ0v) is 7.33. The minimum Gasteiger partial charge on any atom is -0.508 e. The van der Waals surface area contributed by atoms with Crippen LogP contribution in [0.2, 0.25) is 0 Å². The Morgan fingerprint density at radius 1 is 1.31 bits per heavy atom. The van der Waals surface area contributed by atoms with Crippen LogP contribution in [0.15, 0.2) is 18.2 Å². The van der Waals surface area contributed by atoms with Gasteiger partial charge in [-0.05, 0) is 31.0 Å². The highest BCUT2D eigenvalue weighted by molar-refractivity contribution is 5.46. The van der Waals surface area contributed by atoms with Crippen LogP contribution in [-0.2, 0) is 5.41 Å². The van der Waals surface area contributed by atoms with E-state index in [0.717, 1.165) is 18.4 Å². The molecule has 70 valence electrons. The van der Waals surface area contributed by atoms with Crippen molar-refractivity contribution in [1.82, 2.24) is 0 Å². The number of nitrogens with two attached hydrogens (primary N) is 1. The molecule has 3 heteroatoms. The van der Waals surface area contributed by atoms with Crippen molar-refractivity contribution in [2.24, 2.45) is 5.73 Å². The average molecular weight is 179 g/mol. The van der Waals surface area contributed by atoms with E-state index in [-0.39, 0.29) is 16.9 Å². The van der Waals surface area contributed by atoms with Gasteiger partial charge in [0.05, 0.1) is 0 Å². The lowest BCUT2D eigenvalue weighted by Crippen LogP contribution is -2.19. The van der Waals surface area contributed by atoms with Crippen molar-refractivity contribution in [2.45, 2.75) is 18.3 Å². The molecule has 0 heterocycles. The Labute approximate surface area is 76.8 Å². The summed E-state index contributed by atoms with van der Waals surface area (Å²) in [5, 5.41) is 18.8. The molecule has 3 nitrogen and oxygen atoms in total. The quantitative estimate of drug-likeness (QED) is 0.595. The summed E-state index contributed by atoms with van der Waals surface area (Å²) in [5.41, 5.74) is 6.35. The molecule has 1 aromatic rings. The molecular weight excluding hydrogens is 166 g/mol. The van der Waals surface area contributed by atoms with Crippen molar-refractivity contribution in [1.29, 1.82) is 0 Å². The molecule has 0 spiro atoms. The van der Waals surface area contributed by atoms with E-state index in [1.165, 1.54) is 12.1 Å². The van der Waals surface area contributed by atoms with Gasteiger partial charge in [-0.2, -0.15) is 0 Å². The third-order valence-corrected chi connectivity index (χ3v) is 2.80. The number of hydrogen-bond donors (Lipinski definition) is 3. The van der Waals surface area contributed by atoms with Gasteiger partial charge in [0.1, 0.15) is 11.5 Å². The summed E-state index contributed by atoms with van der Waals surface area (Å²) in [7, 11) is 0. The molecule has 0 bridgehead atoms. The first-order chi connectivity index (χ1) is 6.18. The second kappa shape index (κ2) is 2.64. The number of phenolic OH excluding ortho intramolecular Hbond substituents is 2. The minimum atomic E-state index is -0.0666. The van der Waals surface area contributed by atoms with Gasteiger partial charge in [-0.25, -0.2) is 0 Å². The minimum absolute atomic E-state index is 0.0666. The number of benzene rings is 1. The molecule has 0 atom stereocenters. The molecule has 2 rings (SSSR count). The van der Waals surface area contributed by atoms with Crippen molar-refractivity contribution in [3.05, 3.63) is 23.8 Å². The summed E-state index contributed by atoms with van der Waals surface area (Å²) in [6, 6.07) is 4.60. The predicted molar refractivity (Wildman–Crippen MR) is 49.7 cm³/mol. The smallest absolute Gasteiger partial charge is 0.119 e. The molecule has 4 N–H and O–H groups in total. The maximum atomic E-state index is 9.58. The fourth-order valence-corrected chi connectivity index (χ4v) is 1.68. The lowest BCUT2D eigenvalue weighted by Gasteiger charge is -2.14. The molecular formula is C10H13NO2. The summed E-state index contributed by atoms with van der Waals surface area (Å²) in [6.45, 7) is 0.532. The standard InChI is InChI=1S/C10H13NO2/c11-6-10(3-4-10)8-5-7(12)1-2-9(8)13/h1-2,5,12-13H,3-4,6,11H2. The van der Waals surface area contributed by atoms with E-state index in [0.29, 0.717) is 6.54 Å². The first kappa shape index (κ1) is 8.38. The van der Waals surface area contributed by atoms with Gasteiger partial charge in [0, 0.05) is 17.5 Å². The Kier molecular flexibility index (Phi) is 1.70. The topological polar surface area (TPSA) is 66.5 Å². The zero-order valence-electron chi connectivity index (χ0n) is 7.33. The van der Waals surface area contributed by atoms with Crippen molar-refractivity contribution in [3.8, 4) is 11.5 Å². The number of phenols is 2. The van der Waals surface area contributed by atoms with Crippen LogP contribution in [0.1, 0.15) is 18.4 Å². The van der Waals surface area contributed by atoms with Crippen molar-refractivity contribution >= 4 is 0 Å². The summed E-state index contributed by atoms with van der Waals surface area (Å²) in [4.78, 5) is 0. The van der Waals surface area contributed by atoms with Crippen molar-refractivity contribution in [2.75, 3.05) is 6.54 Å². The van der Waals surface area contributed by atoms with Crippen LogP contribution >= 0.6 is 0 Å². The average Bonchev–Trinajstić information content (AvgIpc) is 2.90. The van der Waals surface area contributed by atoms with E-state index in [4.69, 9.17) is 5.73 Å². The van der Waals surface area contributed by atoms with Crippen LogP contribution in [-0.4, -0.2) is 16.8 Å². The van der Waals surface area contributed by atoms with Crippen molar-refractivity contribution in [3.63, 3.8) is 0 Å². The number of aromatic hydroxyl groups is 2. The van der Waals surface area contributed by atoms with E-state index < -0.39 is 0 Å². The highest BCUT2D eigenvalue weighted by Crippen LogP contribution is 2.50. The van der Waals surface area contributed by atoms with E-state index in [1.807, 2.05) is 0 Å². The van der Waals surface area contributed by atoms with Gasteiger partial charge < -0.3 is 15.9 Å². The van der Waals surface area contributed by atoms with Crippen LogP contribution in [0.5, 0.6) is 11.5 Å². The normalized spacial score (nSPS) is 18.5. The second-order valence-corrected chi connectivity index (χ2v) is 3.69. The van der Waals surface area contributed by atoms with Gasteiger partial charge in [-0.3, -0.25) is 0 Å². The molecule has 1 fully saturated rings. The molecule has 1 aliphatic rings. The van der Waals surface area contributed by atoms with Crippen molar-refractivity contribution < 1.29 is 10.2 Å². The van der Waals surface area contributed by atoms with Gasteiger partial charge >= 0.3 is 0 Å². The molecule has 13 heavy (non-hydrogen) atoms. The van der Waals surface area contributed by atoms with E-state index in [2.05, 4.69) is 0 Å². The van der Waals surface area contributed by atoms with Crippen LogP contribution in [0.25, 0.3) is 0 Å². The SMILES string of the molecule is NCC1(c2cc(O)ccc2O)CC1. The van der Waals surface area contributed by atoms with E-state index in [9.17, 15) is 10.2 Å². The molecule has 0 aliphatic heterocycles.